The molecule has 13 atom stereocenters. The van der Waals surface area contributed by atoms with Gasteiger partial charge in [-0.15, -0.1) is 0 Å². The maximum absolute atomic E-state index is 14.0. The predicted molar refractivity (Wildman–Crippen MR) is 188 cm³/mol. The van der Waals surface area contributed by atoms with E-state index in [2.05, 4.69) is 6.58 Å². The molecular weight excluding hydrogens is 724 g/mol. The number of cyclic esters (lactones) is 1. The Morgan fingerprint density at radius 2 is 1.71 bits per heavy atom. The highest BCUT2D eigenvalue weighted by Gasteiger charge is 2.78. The summed E-state index contributed by atoms with van der Waals surface area (Å²) in [5.74, 6) is -8.84. The van der Waals surface area contributed by atoms with Crippen LogP contribution in [0, 0.1) is 28.6 Å². The Balaban J connectivity index is 2.16. The van der Waals surface area contributed by atoms with Crippen LogP contribution in [0.25, 0.3) is 0 Å². The fraction of sp³-hybridized carbons (Fsp3) is 0.692. The van der Waals surface area contributed by atoms with Gasteiger partial charge in [-0.1, -0.05) is 40.7 Å². The van der Waals surface area contributed by atoms with Gasteiger partial charge < -0.3 is 48.2 Å². The van der Waals surface area contributed by atoms with Crippen molar-refractivity contribution in [2.45, 2.75) is 129 Å². The second-order valence-electron chi connectivity index (χ2n) is 15.6. The van der Waals surface area contributed by atoms with E-state index in [1.54, 1.807) is 33.8 Å². The molecule has 0 radical (unpaired) electrons. The van der Waals surface area contributed by atoms with Crippen molar-refractivity contribution in [1.82, 2.24) is 0 Å². The summed E-state index contributed by atoms with van der Waals surface area (Å²) < 4.78 is 40.3. The average Bonchev–Trinajstić information content (AvgIpc) is 3.71. The Kier molecular flexibility index (Phi) is 13.0. The van der Waals surface area contributed by atoms with Crippen molar-refractivity contribution in [1.29, 1.82) is 0 Å². The topological polar surface area (TPSA) is 232 Å². The third-order valence-corrected chi connectivity index (χ3v) is 12.5. The number of ether oxygens (including phenoxy) is 6. The summed E-state index contributed by atoms with van der Waals surface area (Å²) in [6.07, 6.45) is -6.14. The van der Waals surface area contributed by atoms with Crippen molar-refractivity contribution in [3.8, 4) is 0 Å². The van der Waals surface area contributed by atoms with Gasteiger partial charge in [0.15, 0.2) is 6.10 Å². The van der Waals surface area contributed by atoms with E-state index in [-0.39, 0.29) is 25.1 Å². The van der Waals surface area contributed by atoms with Gasteiger partial charge in [0.25, 0.3) is 6.47 Å². The molecule has 0 spiro atoms. The third-order valence-electron chi connectivity index (χ3n) is 12.5. The largest absolute Gasteiger partial charge is 0.472 e. The molecule has 3 fully saturated rings. The van der Waals surface area contributed by atoms with Gasteiger partial charge in [0.2, 0.25) is 0 Å². The molecule has 1 aromatic heterocycles. The summed E-state index contributed by atoms with van der Waals surface area (Å²) in [5, 5.41) is 35.5. The Labute approximate surface area is 319 Å². The molecule has 1 aromatic rings. The van der Waals surface area contributed by atoms with Gasteiger partial charge in [0.1, 0.15) is 35.6 Å². The molecule has 16 nitrogen and oxygen atoms in total. The fourth-order valence-electron chi connectivity index (χ4n) is 9.61. The van der Waals surface area contributed by atoms with Gasteiger partial charge in [-0.25, -0.2) is 4.79 Å². The lowest BCUT2D eigenvalue weighted by Gasteiger charge is -2.62. The van der Waals surface area contributed by atoms with Crippen LogP contribution in [0.2, 0.25) is 0 Å². The molecule has 4 rings (SSSR count). The highest BCUT2D eigenvalue weighted by Crippen LogP contribution is 2.69. The Hall–Kier alpha value is -4.28. The zero-order valence-corrected chi connectivity index (χ0v) is 32.6. The first-order chi connectivity index (χ1) is 25.7. The number of hydrogen-bond acceptors (Lipinski definition) is 16. The summed E-state index contributed by atoms with van der Waals surface area (Å²) >= 11 is 0. The zero-order valence-electron chi connectivity index (χ0n) is 32.6. The van der Waals surface area contributed by atoms with E-state index in [0.29, 0.717) is 12.0 Å². The number of furan rings is 1. The van der Waals surface area contributed by atoms with Crippen molar-refractivity contribution in [3.63, 3.8) is 0 Å². The van der Waals surface area contributed by atoms with Gasteiger partial charge in [0.05, 0.1) is 44.0 Å². The molecule has 1 aliphatic heterocycles. The molecule has 0 aromatic carbocycles. The second-order valence-corrected chi connectivity index (χ2v) is 15.6. The molecule has 2 heterocycles. The SMILES string of the molecule is C=C1[C@H]([C@]2(C)C(CC(=O)OCC)[C@@](C)(CO)OC(=O)C[C@@H]2OC(C)=O)[C@@H](OC=O)[C@H](OC(=O)[C@H](O)[C@H](C)CC)[C@@]2(C)[C@H](c3ccoc3)C[C@H](OC(C)=O)[C@]12O. The van der Waals surface area contributed by atoms with Crippen molar-refractivity contribution in [2.75, 3.05) is 13.2 Å². The summed E-state index contributed by atoms with van der Waals surface area (Å²) in [6.45, 7) is 15.1. The van der Waals surface area contributed by atoms with E-state index in [1.807, 2.05) is 0 Å². The van der Waals surface area contributed by atoms with Crippen molar-refractivity contribution in [3.05, 3.63) is 36.3 Å². The van der Waals surface area contributed by atoms with Crippen LogP contribution in [0.3, 0.4) is 0 Å². The molecular formula is C39H54O16. The number of rotatable bonds is 14. The first kappa shape index (κ1) is 43.4. The van der Waals surface area contributed by atoms with Gasteiger partial charge in [0, 0.05) is 37.0 Å². The molecule has 0 amide bonds. The average molecular weight is 779 g/mol. The van der Waals surface area contributed by atoms with E-state index in [1.165, 1.54) is 26.4 Å². The van der Waals surface area contributed by atoms with Crippen LogP contribution in [-0.2, 0) is 57.2 Å². The Morgan fingerprint density at radius 1 is 1.07 bits per heavy atom. The zero-order chi connectivity index (χ0) is 41.3. The van der Waals surface area contributed by atoms with Gasteiger partial charge >= 0.3 is 29.8 Å². The first-order valence-corrected chi connectivity index (χ1v) is 18.5. The van der Waals surface area contributed by atoms with Crippen LogP contribution in [0.15, 0.2) is 35.2 Å². The molecule has 2 aliphatic carbocycles. The van der Waals surface area contributed by atoms with E-state index in [4.69, 9.17) is 32.8 Å². The summed E-state index contributed by atoms with van der Waals surface area (Å²) in [5.41, 5.74) is -7.64. The van der Waals surface area contributed by atoms with Crippen LogP contribution < -0.4 is 0 Å². The van der Waals surface area contributed by atoms with E-state index >= 15 is 0 Å². The van der Waals surface area contributed by atoms with E-state index in [9.17, 15) is 44.1 Å². The number of fused-ring (bicyclic) bond motifs is 1. The standard InChI is InChI=1S/C39H54O16/c1-10-20(3)32(46)35(47)54-34-33(51-19-41)31(21(4)39(48)28(53-23(6)43)14-25(38(34,39)9)24-12-13-49-17-24)37(8)26(15-29(44)50-11-2)36(7,18-40)55-30(45)16-27(37)52-22(5)42/h12-13,17,19-20,25-28,31-34,40,46,48H,4,10-11,14-16,18H2,1-3,5-9H3/t20-,25+,26?,27+,28+,31+,32-,33-,34+,36-,37-,38-,39-/m1/s1. The lowest BCUT2D eigenvalue weighted by molar-refractivity contribution is -0.251. The third kappa shape index (κ3) is 7.40. The van der Waals surface area contributed by atoms with Crippen molar-refractivity contribution in [2.24, 2.45) is 28.6 Å². The number of aliphatic hydroxyl groups is 3. The summed E-state index contributed by atoms with van der Waals surface area (Å²) in [4.78, 5) is 79.2. The number of esters is 5. The molecule has 2 saturated carbocycles. The van der Waals surface area contributed by atoms with Crippen molar-refractivity contribution >= 4 is 36.3 Å². The second kappa shape index (κ2) is 16.4. The van der Waals surface area contributed by atoms with Crippen molar-refractivity contribution < 1.29 is 76.9 Å². The molecule has 1 saturated heterocycles. The molecule has 1 unspecified atom stereocenters. The van der Waals surface area contributed by atoms with Crippen LogP contribution in [-0.4, -0.2) is 107 Å². The molecule has 306 valence electrons. The molecule has 16 heteroatoms. The maximum Gasteiger partial charge on any atom is 0.335 e. The highest BCUT2D eigenvalue weighted by atomic mass is 16.6. The minimum Gasteiger partial charge on any atom is -0.472 e. The number of carbonyl (C=O) groups excluding carboxylic acids is 6. The van der Waals surface area contributed by atoms with Gasteiger partial charge in [-0.05, 0) is 43.4 Å². The molecule has 55 heavy (non-hydrogen) atoms. The first-order valence-electron chi connectivity index (χ1n) is 18.5. The molecule has 3 aliphatic rings. The van der Waals surface area contributed by atoms with Crippen LogP contribution >= 0.6 is 0 Å². The van der Waals surface area contributed by atoms with Gasteiger partial charge in [-0.2, -0.15) is 0 Å². The maximum atomic E-state index is 14.0. The number of carbonyl (C=O) groups is 6. The molecule has 0 bridgehead atoms. The van der Waals surface area contributed by atoms with Crippen LogP contribution in [0.4, 0.5) is 0 Å². The molecule has 3 N–H and O–H groups in total. The number of hydrogen-bond donors (Lipinski definition) is 3. The number of aliphatic hydroxyl groups excluding tert-OH is 2. The monoisotopic (exact) mass is 778 g/mol. The highest BCUT2D eigenvalue weighted by molar-refractivity contribution is 5.76. The predicted octanol–water partition coefficient (Wildman–Crippen LogP) is 2.69. The van der Waals surface area contributed by atoms with Crippen LogP contribution in [0.5, 0.6) is 0 Å². The van der Waals surface area contributed by atoms with Crippen LogP contribution in [0.1, 0.15) is 92.6 Å². The Morgan fingerprint density at radius 3 is 2.24 bits per heavy atom. The normalized spacial score (nSPS) is 37.0. The summed E-state index contributed by atoms with van der Waals surface area (Å²) in [6, 6.07) is 1.61. The lowest BCUT2D eigenvalue weighted by Crippen LogP contribution is -2.72. The fourth-order valence-corrected chi connectivity index (χ4v) is 9.61. The minimum atomic E-state index is -2.38. The summed E-state index contributed by atoms with van der Waals surface area (Å²) in [7, 11) is 0. The van der Waals surface area contributed by atoms with E-state index in [0.717, 1.165) is 13.8 Å². The van der Waals surface area contributed by atoms with Gasteiger partial charge in [-0.3, -0.25) is 24.0 Å². The van der Waals surface area contributed by atoms with E-state index < -0.39 is 126 Å². The Bertz CT molecular complexity index is 1620. The minimum absolute atomic E-state index is 0.0492. The quantitative estimate of drug-likeness (QED) is 0.107. The smallest absolute Gasteiger partial charge is 0.335 e. The lowest BCUT2D eigenvalue weighted by atomic mass is 9.46.